The van der Waals surface area contributed by atoms with Gasteiger partial charge in [0.2, 0.25) is 5.91 Å². The van der Waals surface area contributed by atoms with Crippen LogP contribution in [0.25, 0.3) is 0 Å². The molecular formula is C21H36N2O2. The van der Waals surface area contributed by atoms with Crippen LogP contribution in [0.5, 0.6) is 5.75 Å². The summed E-state index contributed by atoms with van der Waals surface area (Å²) in [4.78, 5) is 13.7. The number of rotatable bonds is 12. The van der Waals surface area contributed by atoms with Gasteiger partial charge in [-0.15, -0.1) is 0 Å². The summed E-state index contributed by atoms with van der Waals surface area (Å²) in [5, 5.41) is 13.3. The number of nitrogens with zero attached hydrogens (tertiary/aromatic N) is 1. The van der Waals surface area contributed by atoms with Gasteiger partial charge in [-0.2, -0.15) is 0 Å². The number of carbonyl (C=O) groups excluding carboxylic acids is 1. The molecule has 2 N–H and O–H groups in total. The number of unbranched alkanes of at least 4 members (excludes halogenated alkanes) is 6. The molecule has 1 aromatic rings. The highest BCUT2D eigenvalue weighted by Crippen LogP contribution is 2.36. The number of aromatic hydroxyl groups is 1. The number of phenols is 1. The Hall–Kier alpha value is -1.71. The number of nitrogens with one attached hydrogen (secondary N) is 1. The molecule has 0 unspecified atom stereocenters. The molecule has 0 radical (unpaired) electrons. The molecule has 0 aliphatic rings. The van der Waals surface area contributed by atoms with Crippen LogP contribution in [0.4, 0.5) is 11.4 Å². The molecule has 1 aromatic carbocycles. The summed E-state index contributed by atoms with van der Waals surface area (Å²) in [5.41, 5.74) is 2.60. The monoisotopic (exact) mass is 348 g/mol. The molecule has 0 atom stereocenters. The van der Waals surface area contributed by atoms with Gasteiger partial charge in [0.1, 0.15) is 5.75 Å². The fraction of sp³-hybridized carbons (Fsp3) is 0.667. The van der Waals surface area contributed by atoms with Crippen molar-refractivity contribution in [1.82, 2.24) is 0 Å². The van der Waals surface area contributed by atoms with Crippen LogP contribution in [-0.4, -0.2) is 24.1 Å². The highest BCUT2D eigenvalue weighted by molar-refractivity contribution is 5.91. The zero-order valence-electron chi connectivity index (χ0n) is 16.5. The van der Waals surface area contributed by atoms with Crippen molar-refractivity contribution in [2.24, 2.45) is 0 Å². The summed E-state index contributed by atoms with van der Waals surface area (Å²) in [5.74, 6) is 0.217. The van der Waals surface area contributed by atoms with E-state index in [1.54, 1.807) is 12.1 Å². The number of carbonyl (C=O) groups is 1. The Bertz CT molecular complexity index is 517. The minimum atomic E-state index is -0.0859. The van der Waals surface area contributed by atoms with Crippen LogP contribution in [-0.2, 0) is 4.79 Å². The first kappa shape index (κ1) is 21.3. The molecule has 0 aromatic heterocycles. The van der Waals surface area contributed by atoms with Gasteiger partial charge < -0.3 is 15.3 Å². The molecule has 1 rings (SSSR count). The Balaban J connectivity index is 2.94. The summed E-state index contributed by atoms with van der Waals surface area (Å²) >= 11 is 0. The zero-order chi connectivity index (χ0) is 18.7. The predicted molar refractivity (Wildman–Crippen MR) is 108 cm³/mol. The molecule has 0 spiro atoms. The second-order valence-corrected chi connectivity index (χ2v) is 6.90. The van der Waals surface area contributed by atoms with Gasteiger partial charge in [-0.25, -0.2) is 0 Å². The van der Waals surface area contributed by atoms with E-state index in [1.807, 2.05) is 6.92 Å². The van der Waals surface area contributed by atoms with E-state index in [4.69, 9.17) is 0 Å². The summed E-state index contributed by atoms with van der Waals surface area (Å²) in [6, 6.07) is 3.47. The highest BCUT2D eigenvalue weighted by atomic mass is 16.3. The van der Waals surface area contributed by atoms with Gasteiger partial charge in [-0.05, 0) is 37.5 Å². The molecule has 4 heteroatoms. The largest absolute Gasteiger partial charge is 0.506 e. The van der Waals surface area contributed by atoms with Crippen molar-refractivity contribution >= 4 is 17.3 Å². The lowest BCUT2D eigenvalue weighted by atomic mass is 10.1. The molecule has 0 heterocycles. The van der Waals surface area contributed by atoms with Gasteiger partial charge in [0.05, 0.1) is 5.69 Å². The van der Waals surface area contributed by atoms with Crippen molar-refractivity contribution in [3.05, 3.63) is 17.7 Å². The minimum absolute atomic E-state index is 0.0859. The summed E-state index contributed by atoms with van der Waals surface area (Å²) < 4.78 is 0. The van der Waals surface area contributed by atoms with Crippen molar-refractivity contribution in [1.29, 1.82) is 0 Å². The van der Waals surface area contributed by atoms with Crippen LogP contribution in [0.1, 0.15) is 77.7 Å². The van der Waals surface area contributed by atoms with Crippen molar-refractivity contribution in [3.8, 4) is 5.75 Å². The maximum absolute atomic E-state index is 11.4. The number of amides is 1. The van der Waals surface area contributed by atoms with E-state index in [0.717, 1.165) is 42.9 Å². The van der Waals surface area contributed by atoms with Crippen LogP contribution in [0, 0.1) is 6.92 Å². The lowest BCUT2D eigenvalue weighted by Gasteiger charge is -2.28. The van der Waals surface area contributed by atoms with E-state index >= 15 is 0 Å². The van der Waals surface area contributed by atoms with E-state index < -0.39 is 0 Å². The van der Waals surface area contributed by atoms with Crippen LogP contribution in [0.15, 0.2) is 12.1 Å². The maximum atomic E-state index is 11.4. The molecule has 0 saturated carbocycles. The van der Waals surface area contributed by atoms with Crippen molar-refractivity contribution < 1.29 is 9.90 Å². The lowest BCUT2D eigenvalue weighted by molar-refractivity contribution is -0.114. The third kappa shape index (κ3) is 7.37. The van der Waals surface area contributed by atoms with Crippen molar-refractivity contribution in [3.63, 3.8) is 0 Å². The van der Waals surface area contributed by atoms with E-state index in [2.05, 4.69) is 24.1 Å². The SMILES string of the molecule is CCCCCCN(CCCCCC)c1c(O)ccc(NC(C)=O)c1C. The van der Waals surface area contributed by atoms with Crippen LogP contribution in [0.2, 0.25) is 0 Å². The van der Waals surface area contributed by atoms with E-state index in [1.165, 1.54) is 45.4 Å². The average molecular weight is 349 g/mol. The quantitative estimate of drug-likeness (QED) is 0.380. The van der Waals surface area contributed by atoms with Gasteiger partial charge in [0.25, 0.3) is 0 Å². The molecule has 25 heavy (non-hydrogen) atoms. The number of hydrogen-bond donors (Lipinski definition) is 2. The number of phenolic OH excluding ortho intramolecular Hbond substituents is 1. The van der Waals surface area contributed by atoms with Gasteiger partial charge in [0.15, 0.2) is 0 Å². The molecule has 0 saturated heterocycles. The number of benzene rings is 1. The molecule has 0 bridgehead atoms. The van der Waals surface area contributed by atoms with Gasteiger partial charge in [-0.1, -0.05) is 52.4 Å². The highest BCUT2D eigenvalue weighted by Gasteiger charge is 2.17. The molecule has 1 amide bonds. The summed E-state index contributed by atoms with van der Waals surface area (Å²) in [7, 11) is 0. The molecule has 142 valence electrons. The maximum Gasteiger partial charge on any atom is 0.221 e. The number of hydrogen-bond acceptors (Lipinski definition) is 3. The second kappa shape index (κ2) is 11.8. The summed E-state index contributed by atoms with van der Waals surface area (Å²) in [6.07, 6.45) is 9.63. The predicted octanol–water partition coefficient (Wildman–Crippen LogP) is 5.63. The smallest absolute Gasteiger partial charge is 0.221 e. The molecule has 0 aliphatic heterocycles. The first-order valence-corrected chi connectivity index (χ1v) is 9.86. The van der Waals surface area contributed by atoms with E-state index in [9.17, 15) is 9.90 Å². The molecule has 0 fully saturated rings. The van der Waals surface area contributed by atoms with Gasteiger partial charge in [0, 0.05) is 25.7 Å². The van der Waals surface area contributed by atoms with Crippen molar-refractivity contribution in [2.45, 2.75) is 79.1 Å². The normalized spacial score (nSPS) is 10.7. The fourth-order valence-electron chi connectivity index (χ4n) is 3.20. The van der Waals surface area contributed by atoms with Crippen LogP contribution in [0.3, 0.4) is 0 Å². The molecule has 4 nitrogen and oxygen atoms in total. The third-order valence-electron chi connectivity index (χ3n) is 4.60. The third-order valence-corrected chi connectivity index (χ3v) is 4.60. The number of anilines is 2. The standard InChI is InChI=1S/C21H36N2O2/c1-5-7-9-11-15-23(16-12-10-8-6-2)21-17(3)19(22-18(4)24)13-14-20(21)25/h13-14,25H,5-12,15-16H2,1-4H3,(H,22,24). The Labute approximate surface area is 153 Å². The van der Waals surface area contributed by atoms with Crippen LogP contribution < -0.4 is 10.2 Å². The first-order chi connectivity index (χ1) is 12.0. The second-order valence-electron chi connectivity index (χ2n) is 6.90. The molecule has 0 aliphatic carbocycles. The average Bonchev–Trinajstić information content (AvgIpc) is 2.57. The summed E-state index contributed by atoms with van der Waals surface area (Å²) in [6.45, 7) is 9.82. The Morgan fingerprint density at radius 2 is 1.56 bits per heavy atom. The van der Waals surface area contributed by atoms with Gasteiger partial charge >= 0.3 is 0 Å². The lowest BCUT2D eigenvalue weighted by Crippen LogP contribution is -2.27. The topological polar surface area (TPSA) is 52.6 Å². The Morgan fingerprint density at radius 1 is 1.00 bits per heavy atom. The van der Waals surface area contributed by atoms with Crippen molar-refractivity contribution in [2.75, 3.05) is 23.3 Å². The fourth-order valence-corrected chi connectivity index (χ4v) is 3.20. The van der Waals surface area contributed by atoms with E-state index in [0.29, 0.717) is 5.75 Å². The van der Waals surface area contributed by atoms with Crippen LogP contribution >= 0.6 is 0 Å². The van der Waals surface area contributed by atoms with E-state index in [-0.39, 0.29) is 5.91 Å². The van der Waals surface area contributed by atoms with Gasteiger partial charge in [-0.3, -0.25) is 4.79 Å². The zero-order valence-corrected chi connectivity index (χ0v) is 16.5. The Morgan fingerprint density at radius 3 is 2.04 bits per heavy atom. The minimum Gasteiger partial charge on any atom is -0.506 e. The Kier molecular flexibility index (Phi) is 10.0. The molecular weight excluding hydrogens is 312 g/mol. The first-order valence-electron chi connectivity index (χ1n) is 9.86.